The van der Waals surface area contributed by atoms with Gasteiger partial charge in [-0.15, -0.1) is 11.3 Å². The summed E-state index contributed by atoms with van der Waals surface area (Å²) in [4.78, 5) is 32.6. The van der Waals surface area contributed by atoms with E-state index in [1.54, 1.807) is 41.7 Å². The van der Waals surface area contributed by atoms with E-state index in [0.717, 1.165) is 27.8 Å². The van der Waals surface area contributed by atoms with Crippen LogP contribution >= 0.6 is 27.3 Å². The molecule has 0 N–H and O–H groups in total. The van der Waals surface area contributed by atoms with Crippen molar-refractivity contribution in [3.8, 4) is 11.8 Å². The second kappa shape index (κ2) is 12.2. The zero-order valence-corrected chi connectivity index (χ0v) is 26.4. The summed E-state index contributed by atoms with van der Waals surface area (Å²) in [7, 11) is 1.61. The van der Waals surface area contributed by atoms with Crippen molar-refractivity contribution in [3.63, 3.8) is 0 Å². The van der Waals surface area contributed by atoms with Gasteiger partial charge in [0.2, 0.25) is 0 Å². The first kappa shape index (κ1) is 30.5. The predicted octanol–water partition coefficient (Wildman–Crippen LogP) is 5.93. The molecule has 1 aliphatic rings. The highest BCUT2D eigenvalue weighted by Crippen LogP contribution is 2.36. The first-order valence-electron chi connectivity index (χ1n) is 13.3. The molecule has 11 heteroatoms. The maximum atomic E-state index is 14.0. The summed E-state index contributed by atoms with van der Waals surface area (Å²) in [5.74, 6) is 0.0932. The minimum Gasteiger partial charge on any atom is -0.496 e. The fourth-order valence-electron chi connectivity index (χ4n) is 4.55. The van der Waals surface area contributed by atoms with Gasteiger partial charge in [-0.05, 0) is 81.9 Å². The Kier molecular flexibility index (Phi) is 9.28. The van der Waals surface area contributed by atoms with Gasteiger partial charge in [-0.3, -0.25) is 4.79 Å². The zero-order valence-electron chi connectivity index (χ0n) is 24.0. The van der Waals surface area contributed by atoms with Crippen LogP contribution in [0.2, 0.25) is 0 Å². The number of thiophene rings is 1. The highest BCUT2D eigenvalue weighted by molar-refractivity contribution is 9.11. The molecule has 1 saturated heterocycles. The van der Waals surface area contributed by atoms with E-state index in [4.69, 9.17) is 28.7 Å². The van der Waals surface area contributed by atoms with Crippen molar-refractivity contribution in [2.75, 3.05) is 26.9 Å². The summed E-state index contributed by atoms with van der Waals surface area (Å²) >= 11 is 4.87. The second-order valence-electron chi connectivity index (χ2n) is 11.3. The van der Waals surface area contributed by atoms with Gasteiger partial charge in [0.25, 0.3) is 5.56 Å². The summed E-state index contributed by atoms with van der Waals surface area (Å²) in [5, 5.41) is 0.431. The van der Waals surface area contributed by atoms with Gasteiger partial charge in [-0.25, -0.2) is 9.36 Å². The molecule has 3 aromatic rings. The summed E-state index contributed by atoms with van der Waals surface area (Å²) in [6.45, 7) is 11.8. The monoisotopic (exact) mass is 636 g/mol. The molecule has 0 spiro atoms. The van der Waals surface area contributed by atoms with Crippen LogP contribution in [-0.2, 0) is 24.5 Å². The molecular formula is C29H37BrN2O7S. The molecule has 218 valence electrons. The number of aromatic nitrogens is 2. The number of esters is 1. The van der Waals surface area contributed by atoms with Crippen LogP contribution in [0.4, 0.5) is 0 Å². The predicted molar refractivity (Wildman–Crippen MR) is 158 cm³/mol. The Balaban J connectivity index is 1.78. The maximum Gasteiger partial charge on any atom is 0.332 e. The topological polar surface area (TPSA) is 98.1 Å². The minimum atomic E-state index is -1.41. The summed E-state index contributed by atoms with van der Waals surface area (Å²) in [6, 6.07) is 7.61. The highest BCUT2D eigenvalue weighted by atomic mass is 79.9. The molecule has 2 aromatic heterocycles. The van der Waals surface area contributed by atoms with Gasteiger partial charge in [0.1, 0.15) is 34.4 Å². The molecule has 1 fully saturated rings. The maximum absolute atomic E-state index is 14.0. The van der Waals surface area contributed by atoms with Crippen molar-refractivity contribution in [2.24, 2.45) is 0 Å². The molecule has 1 atom stereocenters. The van der Waals surface area contributed by atoms with E-state index in [1.165, 1.54) is 15.9 Å². The van der Waals surface area contributed by atoms with Crippen LogP contribution in [0.3, 0.4) is 0 Å². The fourth-order valence-corrected chi connectivity index (χ4v) is 6.10. The number of carbonyl (C=O) groups excluding carboxylic acids is 1. The number of ether oxygens (including phenoxy) is 5. The third-order valence-electron chi connectivity index (χ3n) is 6.71. The number of para-hydroxylation sites is 1. The molecule has 4 rings (SSSR count). The molecule has 1 aromatic carbocycles. The fraction of sp³-hybridized carbons (Fsp3) is 0.552. The second-order valence-corrected chi connectivity index (χ2v) is 13.6. The number of fused-ring (bicyclic) bond motifs is 1. The molecular weight excluding hydrogens is 600 g/mol. The van der Waals surface area contributed by atoms with Crippen LogP contribution in [0.5, 0.6) is 11.8 Å². The SMILES string of the molecule is COc1ccccc1C(COc1nc2sc(Br)c(C)c2c(=O)n1C(C)(C)C(=O)OC(C)(C)C)OC1CCOCC1. The lowest BCUT2D eigenvalue weighted by atomic mass is 10.0. The van der Waals surface area contributed by atoms with E-state index in [9.17, 15) is 9.59 Å². The Morgan fingerprint density at radius 2 is 1.88 bits per heavy atom. The molecule has 1 unspecified atom stereocenters. The van der Waals surface area contributed by atoms with E-state index in [1.807, 2.05) is 31.2 Å². The van der Waals surface area contributed by atoms with Crippen molar-refractivity contribution in [1.29, 1.82) is 0 Å². The Hall–Kier alpha value is -2.47. The Bertz CT molecular complexity index is 1420. The van der Waals surface area contributed by atoms with Crippen molar-refractivity contribution >= 4 is 43.5 Å². The third kappa shape index (κ3) is 6.53. The lowest BCUT2D eigenvalue weighted by Crippen LogP contribution is -2.47. The number of carbonyl (C=O) groups is 1. The van der Waals surface area contributed by atoms with Gasteiger partial charge in [0, 0.05) is 18.8 Å². The summed E-state index contributed by atoms with van der Waals surface area (Å²) in [5.41, 5.74) is -0.970. The molecule has 0 saturated carbocycles. The number of hydrogen-bond acceptors (Lipinski definition) is 9. The lowest BCUT2D eigenvalue weighted by Gasteiger charge is -2.32. The minimum absolute atomic E-state index is 0.0117. The molecule has 9 nitrogen and oxygen atoms in total. The Labute approximate surface area is 246 Å². The first-order valence-corrected chi connectivity index (χ1v) is 14.9. The number of benzene rings is 1. The highest BCUT2D eigenvalue weighted by Gasteiger charge is 2.39. The van der Waals surface area contributed by atoms with Crippen molar-refractivity contribution in [3.05, 3.63) is 49.5 Å². The Morgan fingerprint density at radius 3 is 2.52 bits per heavy atom. The van der Waals surface area contributed by atoms with Crippen LogP contribution in [0.15, 0.2) is 32.8 Å². The molecule has 0 bridgehead atoms. The lowest BCUT2D eigenvalue weighted by molar-refractivity contribution is -0.164. The van der Waals surface area contributed by atoms with Crippen molar-refractivity contribution in [2.45, 2.75) is 77.7 Å². The molecule has 1 aliphatic heterocycles. The number of rotatable bonds is 9. The molecule has 40 heavy (non-hydrogen) atoms. The van der Waals surface area contributed by atoms with Crippen LogP contribution < -0.4 is 15.0 Å². The average molecular weight is 638 g/mol. The van der Waals surface area contributed by atoms with Crippen LogP contribution in [0.1, 0.15) is 64.7 Å². The van der Waals surface area contributed by atoms with E-state index < -0.39 is 23.2 Å². The molecule has 0 amide bonds. The van der Waals surface area contributed by atoms with E-state index in [2.05, 4.69) is 15.9 Å². The standard InChI is InChI=1S/C29H37BrN2O7S/c1-17-22-24(40-23(17)30)31-27(32(25(22)33)29(5,6)26(34)39-28(2,3)4)37-16-21(38-18-12-14-36-15-13-18)19-10-8-9-11-20(19)35-7/h8-11,18,21H,12-16H2,1-7H3. The number of hydrogen-bond donors (Lipinski definition) is 0. The number of halogens is 1. The first-order chi connectivity index (χ1) is 18.8. The van der Waals surface area contributed by atoms with Crippen LogP contribution in [0.25, 0.3) is 10.2 Å². The third-order valence-corrected chi connectivity index (χ3v) is 8.76. The normalized spacial score (nSPS) is 15.7. The average Bonchev–Trinajstić information content (AvgIpc) is 3.19. The molecule has 0 radical (unpaired) electrons. The Morgan fingerprint density at radius 1 is 1.20 bits per heavy atom. The number of methoxy groups -OCH3 is 1. The van der Waals surface area contributed by atoms with Gasteiger partial charge in [-0.2, -0.15) is 4.98 Å². The van der Waals surface area contributed by atoms with Gasteiger partial charge in [-0.1, -0.05) is 18.2 Å². The van der Waals surface area contributed by atoms with E-state index >= 15 is 0 Å². The quantitative estimate of drug-likeness (QED) is 0.267. The van der Waals surface area contributed by atoms with Gasteiger partial charge in [0.05, 0.1) is 22.4 Å². The molecule has 3 heterocycles. The zero-order chi connectivity index (χ0) is 29.2. The van der Waals surface area contributed by atoms with Gasteiger partial charge < -0.3 is 23.7 Å². The van der Waals surface area contributed by atoms with Crippen molar-refractivity contribution in [1.82, 2.24) is 9.55 Å². The van der Waals surface area contributed by atoms with Crippen LogP contribution in [0, 0.1) is 6.92 Å². The van der Waals surface area contributed by atoms with Gasteiger partial charge >= 0.3 is 12.0 Å². The number of aryl methyl sites for hydroxylation is 1. The van der Waals surface area contributed by atoms with E-state index in [0.29, 0.717) is 29.2 Å². The van der Waals surface area contributed by atoms with Crippen LogP contribution in [-0.4, -0.2) is 54.2 Å². The largest absolute Gasteiger partial charge is 0.496 e. The molecule has 0 aliphatic carbocycles. The smallest absolute Gasteiger partial charge is 0.332 e. The van der Waals surface area contributed by atoms with Gasteiger partial charge in [0.15, 0.2) is 0 Å². The summed E-state index contributed by atoms with van der Waals surface area (Å²) < 4.78 is 31.8. The number of nitrogens with zero attached hydrogens (tertiary/aromatic N) is 2. The van der Waals surface area contributed by atoms with E-state index in [-0.39, 0.29) is 24.3 Å². The van der Waals surface area contributed by atoms with Crippen molar-refractivity contribution < 1.29 is 28.5 Å². The summed E-state index contributed by atoms with van der Waals surface area (Å²) in [6.07, 6.45) is 0.962.